The largest absolute Gasteiger partial charge is 0.338 e. The highest BCUT2D eigenvalue weighted by Crippen LogP contribution is 2.10. The van der Waals surface area contributed by atoms with E-state index < -0.39 is 0 Å². The van der Waals surface area contributed by atoms with Gasteiger partial charge in [-0.25, -0.2) is 4.79 Å². The van der Waals surface area contributed by atoms with Gasteiger partial charge in [-0.3, -0.25) is 0 Å². The highest BCUT2D eigenvalue weighted by Gasteiger charge is 2.14. The van der Waals surface area contributed by atoms with Crippen LogP contribution in [0.4, 0.5) is 10.5 Å². The second-order valence-corrected chi connectivity index (χ2v) is 4.39. The Morgan fingerprint density at radius 1 is 1.56 bits per heavy atom. The van der Waals surface area contributed by atoms with Crippen LogP contribution < -0.4 is 16.0 Å². The third-order valence-corrected chi connectivity index (χ3v) is 2.96. The number of hydrogen-bond donors (Lipinski definition) is 3. The van der Waals surface area contributed by atoms with Crippen LogP contribution in [0.1, 0.15) is 12.0 Å². The number of nitrogens with one attached hydrogen (secondary N) is 3. The molecule has 1 unspecified atom stereocenters. The molecule has 0 aliphatic carbocycles. The Hall–Kier alpha value is -2.06. The fourth-order valence-electron chi connectivity index (χ4n) is 1.97. The first-order valence-electron chi connectivity index (χ1n) is 6.03. The Kier molecular flexibility index (Phi) is 4.15. The lowest BCUT2D eigenvalue weighted by Gasteiger charge is -2.11. The van der Waals surface area contributed by atoms with E-state index in [0.717, 1.165) is 19.5 Å². The van der Waals surface area contributed by atoms with Crippen molar-refractivity contribution in [1.29, 1.82) is 5.26 Å². The Morgan fingerprint density at radius 3 is 3.17 bits per heavy atom. The zero-order valence-electron chi connectivity index (χ0n) is 10.1. The lowest BCUT2D eigenvalue weighted by atomic mass is 10.1. The normalized spacial score (nSPS) is 18.1. The van der Waals surface area contributed by atoms with Crippen LogP contribution in [0.5, 0.6) is 0 Å². The van der Waals surface area contributed by atoms with E-state index in [4.69, 9.17) is 5.26 Å². The van der Waals surface area contributed by atoms with Crippen LogP contribution in [-0.2, 0) is 0 Å². The number of hydrogen-bond acceptors (Lipinski definition) is 3. The van der Waals surface area contributed by atoms with Gasteiger partial charge in [0.15, 0.2) is 0 Å². The first-order chi connectivity index (χ1) is 8.78. The topological polar surface area (TPSA) is 77.0 Å². The minimum absolute atomic E-state index is 0.225. The molecule has 0 radical (unpaired) electrons. The summed E-state index contributed by atoms with van der Waals surface area (Å²) in [5.41, 5.74) is 1.17. The SMILES string of the molecule is N#Cc1cccc(NC(=O)NCC2CCNC2)c1. The summed E-state index contributed by atoms with van der Waals surface area (Å²) in [5, 5.41) is 17.6. The third kappa shape index (κ3) is 3.47. The van der Waals surface area contributed by atoms with E-state index in [-0.39, 0.29) is 6.03 Å². The molecule has 2 rings (SSSR count). The molecule has 1 aromatic carbocycles. The van der Waals surface area contributed by atoms with Gasteiger partial charge in [-0.15, -0.1) is 0 Å². The van der Waals surface area contributed by atoms with Gasteiger partial charge in [-0.1, -0.05) is 6.07 Å². The molecule has 0 aromatic heterocycles. The van der Waals surface area contributed by atoms with Crippen molar-refractivity contribution in [1.82, 2.24) is 10.6 Å². The second-order valence-electron chi connectivity index (χ2n) is 4.39. The maximum atomic E-state index is 11.6. The Balaban J connectivity index is 1.81. The molecule has 1 aromatic rings. The maximum Gasteiger partial charge on any atom is 0.319 e. The van der Waals surface area contributed by atoms with Gasteiger partial charge in [-0.2, -0.15) is 5.26 Å². The zero-order valence-corrected chi connectivity index (χ0v) is 10.1. The minimum Gasteiger partial charge on any atom is -0.338 e. The average Bonchev–Trinajstić information content (AvgIpc) is 2.90. The number of carbonyl (C=O) groups excluding carboxylic acids is 1. The first-order valence-corrected chi connectivity index (χ1v) is 6.03. The van der Waals surface area contributed by atoms with Gasteiger partial charge >= 0.3 is 6.03 Å². The predicted octanol–water partition coefficient (Wildman–Crippen LogP) is 1.29. The zero-order chi connectivity index (χ0) is 12.8. The van der Waals surface area contributed by atoms with Gasteiger partial charge in [-0.05, 0) is 43.6 Å². The fraction of sp³-hybridized carbons (Fsp3) is 0.385. The van der Waals surface area contributed by atoms with Crippen LogP contribution in [0, 0.1) is 17.2 Å². The number of rotatable bonds is 3. The molecular formula is C13H16N4O. The highest BCUT2D eigenvalue weighted by atomic mass is 16.2. The van der Waals surface area contributed by atoms with E-state index in [1.165, 1.54) is 0 Å². The van der Waals surface area contributed by atoms with Gasteiger partial charge in [0.25, 0.3) is 0 Å². The molecule has 1 atom stereocenters. The maximum absolute atomic E-state index is 11.6. The first kappa shape index (κ1) is 12.4. The van der Waals surface area contributed by atoms with Crippen LogP contribution in [0.2, 0.25) is 0 Å². The summed E-state index contributed by atoms with van der Waals surface area (Å²) in [4.78, 5) is 11.6. The van der Waals surface area contributed by atoms with E-state index in [1.807, 2.05) is 6.07 Å². The monoisotopic (exact) mass is 244 g/mol. The molecule has 1 fully saturated rings. The summed E-state index contributed by atoms with van der Waals surface area (Å²) in [5.74, 6) is 0.515. The number of anilines is 1. The number of carbonyl (C=O) groups is 1. The molecule has 94 valence electrons. The molecule has 2 amide bonds. The van der Waals surface area contributed by atoms with Gasteiger partial charge in [0.2, 0.25) is 0 Å². The van der Waals surface area contributed by atoms with Gasteiger partial charge in [0.1, 0.15) is 0 Å². The van der Waals surface area contributed by atoms with Crippen LogP contribution in [0.3, 0.4) is 0 Å². The fourth-order valence-corrected chi connectivity index (χ4v) is 1.97. The van der Waals surface area contributed by atoms with Crippen molar-refractivity contribution in [2.75, 3.05) is 25.0 Å². The molecule has 1 aliphatic rings. The van der Waals surface area contributed by atoms with Crippen molar-refractivity contribution in [2.24, 2.45) is 5.92 Å². The van der Waals surface area contributed by atoms with Gasteiger partial charge in [0.05, 0.1) is 11.6 Å². The summed E-state index contributed by atoms with van der Waals surface area (Å²) < 4.78 is 0. The highest BCUT2D eigenvalue weighted by molar-refractivity contribution is 5.89. The van der Waals surface area contributed by atoms with E-state index >= 15 is 0 Å². The molecule has 0 spiro atoms. The number of nitriles is 1. The lowest BCUT2D eigenvalue weighted by molar-refractivity contribution is 0.250. The molecule has 3 N–H and O–H groups in total. The molecule has 1 aliphatic heterocycles. The number of benzene rings is 1. The summed E-state index contributed by atoms with van der Waals surface area (Å²) in [7, 11) is 0. The number of urea groups is 1. The van der Waals surface area contributed by atoms with Crippen LogP contribution >= 0.6 is 0 Å². The summed E-state index contributed by atoms with van der Waals surface area (Å²) in [6.45, 7) is 2.67. The van der Waals surface area contributed by atoms with Crippen LogP contribution in [0.25, 0.3) is 0 Å². The number of amides is 2. The molecule has 1 heterocycles. The average molecular weight is 244 g/mol. The molecule has 0 bridgehead atoms. The van der Waals surface area contributed by atoms with Crippen LogP contribution in [0.15, 0.2) is 24.3 Å². The van der Waals surface area contributed by atoms with E-state index in [9.17, 15) is 4.79 Å². The van der Waals surface area contributed by atoms with E-state index in [1.54, 1.807) is 24.3 Å². The Morgan fingerprint density at radius 2 is 2.44 bits per heavy atom. The standard InChI is InChI=1S/C13H16N4O/c14-7-10-2-1-3-12(6-10)17-13(18)16-9-11-4-5-15-8-11/h1-3,6,11,15H,4-5,8-9H2,(H2,16,17,18). The molecule has 5 nitrogen and oxygen atoms in total. The third-order valence-electron chi connectivity index (χ3n) is 2.96. The van der Waals surface area contributed by atoms with Gasteiger partial charge in [0, 0.05) is 12.2 Å². The lowest BCUT2D eigenvalue weighted by Crippen LogP contribution is -2.33. The van der Waals surface area contributed by atoms with Crippen molar-refractivity contribution in [3.8, 4) is 6.07 Å². The Bertz CT molecular complexity index is 460. The van der Waals surface area contributed by atoms with Crippen molar-refractivity contribution in [3.63, 3.8) is 0 Å². The van der Waals surface area contributed by atoms with Crippen LogP contribution in [-0.4, -0.2) is 25.7 Å². The van der Waals surface area contributed by atoms with E-state index in [0.29, 0.717) is 23.7 Å². The van der Waals surface area contributed by atoms with Crippen molar-refractivity contribution in [3.05, 3.63) is 29.8 Å². The van der Waals surface area contributed by atoms with E-state index in [2.05, 4.69) is 16.0 Å². The molecular weight excluding hydrogens is 228 g/mol. The molecule has 5 heteroatoms. The quantitative estimate of drug-likeness (QED) is 0.749. The van der Waals surface area contributed by atoms with Crippen molar-refractivity contribution >= 4 is 11.7 Å². The minimum atomic E-state index is -0.225. The Labute approximate surface area is 106 Å². The second kappa shape index (κ2) is 6.03. The summed E-state index contributed by atoms with van der Waals surface area (Å²) in [6.07, 6.45) is 1.10. The van der Waals surface area contributed by atoms with Crippen molar-refractivity contribution < 1.29 is 4.79 Å². The number of nitrogens with zero attached hydrogens (tertiary/aromatic N) is 1. The molecule has 18 heavy (non-hydrogen) atoms. The summed E-state index contributed by atoms with van der Waals surface area (Å²) >= 11 is 0. The van der Waals surface area contributed by atoms with Crippen molar-refractivity contribution in [2.45, 2.75) is 6.42 Å². The predicted molar refractivity (Wildman–Crippen MR) is 69.2 cm³/mol. The molecule has 1 saturated heterocycles. The summed E-state index contributed by atoms with van der Waals surface area (Å²) in [6, 6.07) is 8.67. The smallest absolute Gasteiger partial charge is 0.319 e. The van der Waals surface area contributed by atoms with Gasteiger partial charge < -0.3 is 16.0 Å². The molecule has 0 saturated carbocycles.